The molecule has 0 radical (unpaired) electrons. The lowest BCUT2D eigenvalue weighted by Gasteiger charge is -2.36. The summed E-state index contributed by atoms with van der Waals surface area (Å²) in [4.78, 5) is 16.7. The smallest absolute Gasteiger partial charge is 0.235 e. The Morgan fingerprint density at radius 1 is 1.29 bits per heavy atom. The van der Waals surface area contributed by atoms with E-state index in [1.54, 1.807) is 6.08 Å². The molecular weight excluding hydrogens is 212 g/mol. The Hall–Kier alpha value is -1.44. The summed E-state index contributed by atoms with van der Waals surface area (Å²) in [7, 11) is 2.14. The van der Waals surface area contributed by atoms with E-state index < -0.39 is 0 Å². The van der Waals surface area contributed by atoms with Crippen LogP contribution < -0.4 is 0 Å². The van der Waals surface area contributed by atoms with Crippen molar-refractivity contribution in [2.24, 2.45) is 4.99 Å². The molecule has 3 heteroatoms. The van der Waals surface area contributed by atoms with E-state index in [1.807, 2.05) is 0 Å². The fraction of sp³-hybridized carbons (Fsp3) is 0.500. The van der Waals surface area contributed by atoms with Gasteiger partial charge < -0.3 is 4.90 Å². The second-order valence-corrected chi connectivity index (χ2v) is 5.27. The molecule has 3 rings (SSSR count). The Bertz CT molecular complexity index is 464. The molecule has 1 aliphatic heterocycles. The van der Waals surface area contributed by atoms with E-state index in [1.165, 1.54) is 5.56 Å². The van der Waals surface area contributed by atoms with Gasteiger partial charge in [0.05, 0.1) is 5.54 Å². The summed E-state index contributed by atoms with van der Waals surface area (Å²) in [5.41, 5.74) is 2.34. The number of carbonyl (C=O) groups excluding carboxylic acids is 1. The fourth-order valence-electron chi connectivity index (χ4n) is 2.65. The normalized spacial score (nSPS) is 22.6. The van der Waals surface area contributed by atoms with Crippen molar-refractivity contribution in [3.05, 3.63) is 35.4 Å². The molecule has 1 aromatic rings. The average molecular weight is 228 g/mol. The minimum atomic E-state index is -0.226. The van der Waals surface area contributed by atoms with E-state index >= 15 is 0 Å². The monoisotopic (exact) mass is 228 g/mol. The van der Waals surface area contributed by atoms with Crippen molar-refractivity contribution in [1.82, 2.24) is 4.90 Å². The number of isocyanates is 1. The average Bonchev–Trinajstić information content (AvgIpc) is 3.07. The highest BCUT2D eigenvalue weighted by atomic mass is 16.1. The Morgan fingerprint density at radius 3 is 2.41 bits per heavy atom. The van der Waals surface area contributed by atoms with Crippen molar-refractivity contribution in [2.45, 2.75) is 24.3 Å². The molecule has 0 unspecified atom stereocenters. The lowest BCUT2D eigenvalue weighted by Crippen LogP contribution is -2.41. The van der Waals surface area contributed by atoms with Gasteiger partial charge in [0.25, 0.3) is 0 Å². The van der Waals surface area contributed by atoms with Crippen molar-refractivity contribution in [3.63, 3.8) is 0 Å². The van der Waals surface area contributed by atoms with Gasteiger partial charge in [-0.1, -0.05) is 24.3 Å². The Balaban J connectivity index is 1.79. The van der Waals surface area contributed by atoms with Gasteiger partial charge in [-0.15, -0.1) is 0 Å². The van der Waals surface area contributed by atoms with Crippen LogP contribution in [0.2, 0.25) is 0 Å². The molecule has 1 aliphatic carbocycles. The zero-order valence-electron chi connectivity index (χ0n) is 10.0. The third-order valence-electron chi connectivity index (χ3n) is 3.97. The lowest BCUT2D eigenvalue weighted by molar-refractivity contribution is 0.190. The van der Waals surface area contributed by atoms with E-state index in [2.05, 4.69) is 41.2 Å². The molecule has 0 aromatic heterocycles. The third-order valence-corrected chi connectivity index (χ3v) is 3.97. The largest absolute Gasteiger partial charge is 0.305 e. The first-order chi connectivity index (χ1) is 8.23. The van der Waals surface area contributed by atoms with Crippen molar-refractivity contribution >= 4 is 6.08 Å². The number of benzene rings is 1. The Labute approximate surface area is 101 Å². The highest BCUT2D eigenvalue weighted by Crippen LogP contribution is 2.49. The van der Waals surface area contributed by atoms with Crippen LogP contribution in [0.5, 0.6) is 0 Å². The molecule has 0 bridgehead atoms. The van der Waals surface area contributed by atoms with Gasteiger partial charge >= 0.3 is 0 Å². The van der Waals surface area contributed by atoms with Crippen LogP contribution in [0.3, 0.4) is 0 Å². The Kier molecular flexibility index (Phi) is 2.39. The number of aliphatic imine (C=N–C) groups is 1. The predicted octanol–water partition coefficient (Wildman–Crippen LogP) is 2.04. The van der Waals surface area contributed by atoms with Gasteiger partial charge in [-0.25, -0.2) is 4.79 Å². The number of hydrogen-bond acceptors (Lipinski definition) is 3. The highest BCUT2D eigenvalue weighted by Gasteiger charge is 2.44. The molecule has 2 aliphatic rings. The summed E-state index contributed by atoms with van der Waals surface area (Å²) in [6.45, 7) is 2.30. The van der Waals surface area contributed by atoms with E-state index in [-0.39, 0.29) is 5.54 Å². The van der Waals surface area contributed by atoms with Gasteiger partial charge in [-0.3, -0.25) is 0 Å². The SMILES string of the molecule is CN1CC(c2ccc(C3(N=C=O)CC3)cc2)C1. The predicted molar refractivity (Wildman–Crippen MR) is 65.7 cm³/mol. The van der Waals surface area contributed by atoms with E-state index in [4.69, 9.17) is 0 Å². The number of likely N-dealkylation sites (N-methyl/N-ethyl adjacent to an activating group) is 1. The second-order valence-electron chi connectivity index (χ2n) is 5.27. The van der Waals surface area contributed by atoms with Crippen LogP contribution in [-0.2, 0) is 10.3 Å². The maximum atomic E-state index is 10.4. The van der Waals surface area contributed by atoms with Crippen LogP contribution in [0, 0.1) is 0 Å². The summed E-state index contributed by atoms with van der Waals surface area (Å²) in [6.07, 6.45) is 3.66. The summed E-state index contributed by atoms with van der Waals surface area (Å²) in [5, 5.41) is 0. The van der Waals surface area contributed by atoms with Crippen molar-refractivity contribution in [2.75, 3.05) is 20.1 Å². The molecule has 2 fully saturated rings. The molecule has 1 saturated carbocycles. The molecule has 88 valence electrons. The van der Waals surface area contributed by atoms with Crippen LogP contribution in [0.15, 0.2) is 29.3 Å². The lowest BCUT2D eigenvalue weighted by atomic mass is 9.90. The van der Waals surface area contributed by atoms with Gasteiger partial charge in [0.15, 0.2) is 0 Å². The molecule has 0 N–H and O–H groups in total. The quantitative estimate of drug-likeness (QED) is 0.586. The first-order valence-electron chi connectivity index (χ1n) is 6.11. The Morgan fingerprint density at radius 2 is 1.94 bits per heavy atom. The summed E-state index contributed by atoms with van der Waals surface area (Å²) < 4.78 is 0. The van der Waals surface area contributed by atoms with Gasteiger partial charge in [-0.05, 0) is 31.0 Å². The third kappa shape index (κ3) is 1.82. The van der Waals surface area contributed by atoms with Gasteiger partial charge in [0, 0.05) is 19.0 Å². The first-order valence-corrected chi connectivity index (χ1v) is 6.11. The van der Waals surface area contributed by atoms with Crippen LogP contribution in [0.25, 0.3) is 0 Å². The molecular formula is C14H16N2O. The number of likely N-dealkylation sites (tertiary alicyclic amines) is 1. The van der Waals surface area contributed by atoms with Gasteiger partial charge in [-0.2, -0.15) is 4.99 Å². The van der Waals surface area contributed by atoms with Crippen molar-refractivity contribution in [3.8, 4) is 0 Å². The van der Waals surface area contributed by atoms with Crippen LogP contribution >= 0.6 is 0 Å². The molecule has 0 spiro atoms. The maximum absolute atomic E-state index is 10.4. The zero-order chi connectivity index (χ0) is 11.9. The van der Waals surface area contributed by atoms with Crippen LogP contribution in [0.4, 0.5) is 0 Å². The molecule has 3 nitrogen and oxygen atoms in total. The molecule has 0 atom stereocenters. The van der Waals surface area contributed by atoms with E-state index in [0.717, 1.165) is 31.5 Å². The summed E-state index contributed by atoms with van der Waals surface area (Å²) >= 11 is 0. The maximum Gasteiger partial charge on any atom is 0.235 e. The molecule has 1 aromatic carbocycles. The van der Waals surface area contributed by atoms with Crippen molar-refractivity contribution in [1.29, 1.82) is 0 Å². The number of rotatable bonds is 3. The fourth-order valence-corrected chi connectivity index (χ4v) is 2.65. The van der Waals surface area contributed by atoms with Crippen LogP contribution in [-0.4, -0.2) is 31.1 Å². The minimum absolute atomic E-state index is 0.226. The second kappa shape index (κ2) is 3.80. The topological polar surface area (TPSA) is 32.7 Å². The molecule has 17 heavy (non-hydrogen) atoms. The van der Waals surface area contributed by atoms with E-state index in [9.17, 15) is 4.79 Å². The molecule has 0 amide bonds. The van der Waals surface area contributed by atoms with Gasteiger partial charge in [0.2, 0.25) is 6.08 Å². The van der Waals surface area contributed by atoms with E-state index in [0.29, 0.717) is 5.92 Å². The molecule has 1 heterocycles. The number of nitrogens with zero attached hydrogens (tertiary/aromatic N) is 2. The first kappa shape index (κ1) is 10.7. The molecule has 1 saturated heterocycles. The highest BCUT2D eigenvalue weighted by molar-refractivity contribution is 5.42. The van der Waals surface area contributed by atoms with Crippen molar-refractivity contribution < 1.29 is 4.79 Å². The minimum Gasteiger partial charge on any atom is -0.305 e. The van der Waals surface area contributed by atoms with Crippen LogP contribution in [0.1, 0.15) is 29.9 Å². The summed E-state index contributed by atoms with van der Waals surface area (Å²) in [5.74, 6) is 0.679. The zero-order valence-corrected chi connectivity index (χ0v) is 10.0. The van der Waals surface area contributed by atoms with Gasteiger partial charge in [0.1, 0.15) is 0 Å². The number of hydrogen-bond donors (Lipinski definition) is 0. The standard InChI is InChI=1S/C14H16N2O/c1-16-8-12(9-16)11-2-4-13(5-3-11)14(6-7-14)15-10-17/h2-5,12H,6-9H2,1H3. The summed E-state index contributed by atoms with van der Waals surface area (Å²) in [6, 6.07) is 8.63.